The average molecular weight is 267 g/mol. The Morgan fingerprint density at radius 2 is 2.16 bits per heavy atom. The van der Waals surface area contributed by atoms with Gasteiger partial charge >= 0.3 is 0 Å². The van der Waals surface area contributed by atoms with Crippen LogP contribution in [-0.4, -0.2) is 52.7 Å². The number of rotatable bonds is 4. The maximum atomic E-state index is 12.3. The number of nitrogens with zero attached hydrogens (tertiary/aromatic N) is 3. The van der Waals surface area contributed by atoms with E-state index in [1.807, 2.05) is 13.8 Å². The maximum absolute atomic E-state index is 12.3. The number of carbonyl (C=O) groups excluding carboxylic acids is 1. The number of aryl methyl sites for hydroxylation is 1. The first kappa shape index (κ1) is 14.0. The molecule has 0 radical (unpaired) electrons. The van der Waals surface area contributed by atoms with E-state index >= 15 is 0 Å². The topological polar surface area (TPSA) is 83.3 Å². The third-order valence-corrected chi connectivity index (χ3v) is 3.43. The van der Waals surface area contributed by atoms with Crippen molar-refractivity contribution >= 4 is 5.91 Å². The van der Waals surface area contributed by atoms with Crippen LogP contribution >= 0.6 is 0 Å². The van der Waals surface area contributed by atoms with Crippen molar-refractivity contribution in [2.75, 3.05) is 26.2 Å². The first-order valence-corrected chi connectivity index (χ1v) is 6.53. The van der Waals surface area contributed by atoms with E-state index in [0.717, 1.165) is 26.2 Å². The minimum Gasteiger partial charge on any atom is -0.345 e. The largest absolute Gasteiger partial charge is 0.345 e. The van der Waals surface area contributed by atoms with E-state index in [4.69, 9.17) is 4.52 Å². The summed E-state index contributed by atoms with van der Waals surface area (Å²) in [5.74, 6) is 0.984. The third-order valence-electron chi connectivity index (χ3n) is 3.43. The Morgan fingerprint density at radius 1 is 1.47 bits per heavy atom. The quantitative estimate of drug-likeness (QED) is 0.778. The minimum absolute atomic E-state index is 0.0229. The summed E-state index contributed by atoms with van der Waals surface area (Å²) < 4.78 is 4.97. The van der Waals surface area contributed by atoms with Crippen molar-refractivity contribution in [2.24, 2.45) is 0 Å². The second-order valence-corrected chi connectivity index (χ2v) is 5.21. The van der Waals surface area contributed by atoms with Crippen LogP contribution in [0.15, 0.2) is 4.52 Å². The zero-order chi connectivity index (χ0) is 13.9. The number of amides is 1. The van der Waals surface area contributed by atoms with E-state index in [0.29, 0.717) is 11.7 Å². The molecule has 19 heavy (non-hydrogen) atoms. The fourth-order valence-electron chi connectivity index (χ4n) is 2.15. The molecule has 0 atom stereocenters. The Kier molecular flexibility index (Phi) is 4.16. The predicted octanol–water partition coefficient (Wildman–Crippen LogP) is -0.322. The highest BCUT2D eigenvalue weighted by atomic mass is 16.5. The van der Waals surface area contributed by atoms with Crippen molar-refractivity contribution in [3.05, 3.63) is 11.7 Å². The highest BCUT2D eigenvalue weighted by Crippen LogP contribution is 2.15. The average Bonchev–Trinajstić information content (AvgIpc) is 2.82. The predicted molar refractivity (Wildman–Crippen MR) is 69.4 cm³/mol. The van der Waals surface area contributed by atoms with Crippen LogP contribution in [0.1, 0.15) is 25.6 Å². The van der Waals surface area contributed by atoms with E-state index in [2.05, 4.69) is 25.7 Å². The van der Waals surface area contributed by atoms with Gasteiger partial charge in [-0.15, -0.1) is 0 Å². The molecule has 1 fully saturated rings. The van der Waals surface area contributed by atoms with Gasteiger partial charge in [0.15, 0.2) is 5.82 Å². The maximum Gasteiger partial charge on any atom is 0.246 e. The molecular weight excluding hydrogens is 246 g/mol. The molecule has 0 saturated carbocycles. The lowest BCUT2D eigenvalue weighted by Gasteiger charge is -2.39. The Hall–Kier alpha value is -1.47. The second-order valence-electron chi connectivity index (χ2n) is 5.21. The summed E-state index contributed by atoms with van der Waals surface area (Å²) in [4.78, 5) is 18.5. The fraction of sp³-hybridized carbons (Fsp3) is 0.750. The van der Waals surface area contributed by atoms with Gasteiger partial charge in [-0.25, -0.2) is 0 Å². The summed E-state index contributed by atoms with van der Waals surface area (Å²) in [6.45, 7) is 9.48. The van der Waals surface area contributed by atoms with E-state index in [1.54, 1.807) is 6.92 Å². The molecule has 2 N–H and O–H groups in total. The number of hydrogen-bond acceptors (Lipinski definition) is 6. The van der Waals surface area contributed by atoms with Crippen molar-refractivity contribution in [1.29, 1.82) is 0 Å². The summed E-state index contributed by atoms with van der Waals surface area (Å²) in [5.41, 5.74) is -0.531. The summed E-state index contributed by atoms with van der Waals surface area (Å²) in [6.07, 6.45) is 0. The molecule has 1 aliphatic rings. The molecule has 0 aromatic carbocycles. The summed E-state index contributed by atoms with van der Waals surface area (Å²) in [7, 11) is 0. The molecule has 0 spiro atoms. The molecule has 1 aromatic heterocycles. The van der Waals surface area contributed by atoms with Crippen molar-refractivity contribution in [2.45, 2.75) is 32.9 Å². The third kappa shape index (κ3) is 3.30. The summed E-state index contributed by atoms with van der Waals surface area (Å²) in [5, 5.41) is 9.82. The van der Waals surface area contributed by atoms with Crippen molar-refractivity contribution in [1.82, 2.24) is 25.7 Å². The highest BCUT2D eigenvalue weighted by molar-refractivity contribution is 5.85. The monoisotopic (exact) mass is 267 g/mol. The first-order chi connectivity index (χ1) is 9.00. The molecule has 1 aromatic rings. The normalized spacial score (nSPS) is 17.4. The van der Waals surface area contributed by atoms with Gasteiger partial charge in [0, 0.05) is 26.2 Å². The van der Waals surface area contributed by atoms with Crippen LogP contribution in [0.2, 0.25) is 0 Å². The van der Waals surface area contributed by atoms with Crippen LogP contribution in [0.25, 0.3) is 0 Å². The van der Waals surface area contributed by atoms with Crippen molar-refractivity contribution in [3.63, 3.8) is 0 Å². The Balaban J connectivity index is 1.90. The van der Waals surface area contributed by atoms with Gasteiger partial charge in [0.05, 0.1) is 12.1 Å². The highest BCUT2D eigenvalue weighted by Gasteiger charge is 2.35. The molecule has 7 heteroatoms. The molecule has 106 valence electrons. The van der Waals surface area contributed by atoms with Gasteiger partial charge in [0.2, 0.25) is 11.8 Å². The molecule has 7 nitrogen and oxygen atoms in total. The van der Waals surface area contributed by atoms with Crippen molar-refractivity contribution < 1.29 is 9.32 Å². The van der Waals surface area contributed by atoms with Gasteiger partial charge in [-0.1, -0.05) is 5.16 Å². The van der Waals surface area contributed by atoms with E-state index < -0.39 is 5.54 Å². The molecule has 0 bridgehead atoms. The first-order valence-electron chi connectivity index (χ1n) is 6.53. The van der Waals surface area contributed by atoms with E-state index in [1.165, 1.54) is 0 Å². The minimum atomic E-state index is -0.531. The lowest BCUT2D eigenvalue weighted by Crippen LogP contribution is -2.59. The molecular formula is C12H21N5O2. The van der Waals surface area contributed by atoms with Crippen LogP contribution in [-0.2, 0) is 11.3 Å². The molecule has 0 aliphatic carbocycles. The molecule has 0 unspecified atom stereocenters. The van der Waals surface area contributed by atoms with Gasteiger partial charge < -0.3 is 15.2 Å². The Morgan fingerprint density at radius 3 is 2.74 bits per heavy atom. The van der Waals surface area contributed by atoms with Gasteiger partial charge in [-0.05, 0) is 20.8 Å². The van der Waals surface area contributed by atoms with Crippen molar-refractivity contribution in [3.8, 4) is 0 Å². The SMILES string of the molecule is Cc1noc(CNC(=O)C(C)(C)N2CCNCC2)n1. The fourth-order valence-corrected chi connectivity index (χ4v) is 2.15. The van der Waals surface area contributed by atoms with Gasteiger partial charge in [-0.2, -0.15) is 4.98 Å². The standard InChI is InChI=1S/C12H21N5O2/c1-9-15-10(19-16-9)8-14-11(18)12(2,3)17-6-4-13-5-7-17/h13H,4-8H2,1-3H3,(H,14,18). The smallest absolute Gasteiger partial charge is 0.246 e. The molecule has 1 saturated heterocycles. The molecule has 1 amide bonds. The van der Waals surface area contributed by atoms with Gasteiger partial charge in [-0.3, -0.25) is 9.69 Å². The Labute approximate surface area is 112 Å². The Bertz CT molecular complexity index is 437. The van der Waals surface area contributed by atoms with Gasteiger partial charge in [0.1, 0.15) is 0 Å². The summed E-state index contributed by atoms with van der Waals surface area (Å²) >= 11 is 0. The molecule has 2 rings (SSSR count). The lowest BCUT2D eigenvalue weighted by atomic mass is 10.0. The zero-order valence-electron chi connectivity index (χ0n) is 11.7. The van der Waals surface area contributed by atoms with Crippen LogP contribution in [0.5, 0.6) is 0 Å². The number of nitrogens with one attached hydrogen (secondary N) is 2. The van der Waals surface area contributed by atoms with Gasteiger partial charge in [0.25, 0.3) is 0 Å². The van der Waals surface area contributed by atoms with E-state index in [9.17, 15) is 4.79 Å². The van der Waals surface area contributed by atoms with E-state index in [-0.39, 0.29) is 12.5 Å². The van der Waals surface area contributed by atoms with Crippen LogP contribution < -0.4 is 10.6 Å². The van der Waals surface area contributed by atoms with Crippen LogP contribution in [0.4, 0.5) is 0 Å². The molecule has 2 heterocycles. The van der Waals surface area contributed by atoms with Crippen LogP contribution in [0.3, 0.4) is 0 Å². The number of carbonyl (C=O) groups is 1. The number of piperazine rings is 1. The molecule has 1 aliphatic heterocycles. The number of hydrogen-bond donors (Lipinski definition) is 2. The zero-order valence-corrected chi connectivity index (χ0v) is 11.7. The second kappa shape index (κ2) is 5.66. The lowest BCUT2D eigenvalue weighted by molar-refractivity contribution is -0.132. The number of aromatic nitrogens is 2. The summed E-state index contributed by atoms with van der Waals surface area (Å²) in [6, 6.07) is 0. The van der Waals surface area contributed by atoms with Crippen LogP contribution in [0, 0.1) is 6.92 Å².